The van der Waals surface area contributed by atoms with Crippen molar-refractivity contribution in [1.29, 1.82) is 0 Å². The van der Waals surface area contributed by atoms with E-state index in [1.807, 2.05) is 0 Å². The van der Waals surface area contributed by atoms with Gasteiger partial charge in [0.1, 0.15) is 17.1 Å². The summed E-state index contributed by atoms with van der Waals surface area (Å²) in [6.07, 6.45) is -0.909. The van der Waals surface area contributed by atoms with Gasteiger partial charge in [0.05, 0.1) is 5.69 Å². The van der Waals surface area contributed by atoms with Gasteiger partial charge in [-0.3, -0.25) is 5.32 Å². The number of benzene rings is 1. The van der Waals surface area contributed by atoms with Crippen LogP contribution in [0.1, 0.15) is 20.8 Å². The maximum absolute atomic E-state index is 13.8. The Labute approximate surface area is 104 Å². The van der Waals surface area contributed by atoms with Gasteiger partial charge in [0.2, 0.25) is 0 Å². The molecular weight excluding hydrogens is 242 g/mol. The second-order valence-electron chi connectivity index (χ2n) is 4.66. The molecule has 1 rings (SSSR count). The molecule has 6 heteroatoms. The molecule has 0 atom stereocenters. The molecule has 0 radical (unpaired) electrons. The summed E-state index contributed by atoms with van der Waals surface area (Å²) < 4.78 is 32.1. The minimum Gasteiger partial charge on any atom is -0.444 e. The van der Waals surface area contributed by atoms with Gasteiger partial charge in [0, 0.05) is 7.05 Å². The van der Waals surface area contributed by atoms with E-state index in [-0.39, 0.29) is 5.69 Å². The molecule has 0 fully saturated rings. The van der Waals surface area contributed by atoms with Crippen LogP contribution >= 0.6 is 0 Å². The van der Waals surface area contributed by atoms with Crippen LogP contribution in [0.15, 0.2) is 12.1 Å². The Bertz CT molecular complexity index is 456. The van der Waals surface area contributed by atoms with Crippen LogP contribution in [-0.4, -0.2) is 18.7 Å². The van der Waals surface area contributed by atoms with E-state index in [0.717, 1.165) is 6.07 Å². The highest BCUT2D eigenvalue weighted by Crippen LogP contribution is 2.25. The molecule has 4 nitrogen and oxygen atoms in total. The lowest BCUT2D eigenvalue weighted by atomic mass is 10.2. The number of hydrogen-bond donors (Lipinski definition) is 2. The first kappa shape index (κ1) is 14.2. The Hall–Kier alpha value is -1.85. The first-order valence-electron chi connectivity index (χ1n) is 5.40. The molecule has 0 spiro atoms. The number of ether oxygens (including phenoxy) is 1. The van der Waals surface area contributed by atoms with Crippen molar-refractivity contribution in [1.82, 2.24) is 0 Å². The van der Waals surface area contributed by atoms with Gasteiger partial charge in [-0.15, -0.1) is 0 Å². The second kappa shape index (κ2) is 5.20. The van der Waals surface area contributed by atoms with Crippen LogP contribution in [0.3, 0.4) is 0 Å². The molecular formula is C12H16F2N2O2. The zero-order chi connectivity index (χ0) is 13.9. The van der Waals surface area contributed by atoms with Crippen LogP contribution in [0.2, 0.25) is 0 Å². The fourth-order valence-electron chi connectivity index (χ4n) is 1.27. The number of halogens is 2. The number of rotatable bonds is 2. The van der Waals surface area contributed by atoms with Crippen LogP contribution in [0.4, 0.5) is 25.0 Å². The Morgan fingerprint density at radius 1 is 1.28 bits per heavy atom. The third kappa shape index (κ3) is 3.58. The summed E-state index contributed by atoms with van der Waals surface area (Å²) in [5.74, 6) is -1.74. The van der Waals surface area contributed by atoms with Crippen LogP contribution in [0.5, 0.6) is 0 Å². The summed E-state index contributed by atoms with van der Waals surface area (Å²) in [4.78, 5) is 11.4. The largest absolute Gasteiger partial charge is 0.444 e. The van der Waals surface area contributed by atoms with Crippen molar-refractivity contribution >= 4 is 17.5 Å². The van der Waals surface area contributed by atoms with Crippen molar-refractivity contribution in [3.05, 3.63) is 23.8 Å². The summed E-state index contributed by atoms with van der Waals surface area (Å²) >= 11 is 0. The molecule has 0 aromatic heterocycles. The van der Waals surface area contributed by atoms with Crippen LogP contribution in [0, 0.1) is 11.6 Å². The summed E-state index contributed by atoms with van der Waals surface area (Å²) in [5, 5.41) is 4.61. The molecule has 0 saturated carbocycles. The third-order valence-electron chi connectivity index (χ3n) is 1.99. The molecule has 0 unspecified atom stereocenters. The second-order valence-corrected chi connectivity index (χ2v) is 4.66. The SMILES string of the molecule is CNc1ccc(F)c(NC(=O)OC(C)(C)C)c1F. The number of carbonyl (C=O) groups excluding carboxylic acids is 1. The molecule has 18 heavy (non-hydrogen) atoms. The van der Waals surface area contributed by atoms with Crippen LogP contribution < -0.4 is 10.6 Å². The van der Waals surface area contributed by atoms with E-state index < -0.39 is 29.0 Å². The molecule has 1 amide bonds. The van der Waals surface area contributed by atoms with Crippen molar-refractivity contribution in [3.63, 3.8) is 0 Å². The van der Waals surface area contributed by atoms with Crippen molar-refractivity contribution in [2.24, 2.45) is 0 Å². The third-order valence-corrected chi connectivity index (χ3v) is 1.99. The van der Waals surface area contributed by atoms with Crippen molar-refractivity contribution < 1.29 is 18.3 Å². The van der Waals surface area contributed by atoms with Gasteiger partial charge < -0.3 is 10.1 Å². The van der Waals surface area contributed by atoms with E-state index in [1.165, 1.54) is 13.1 Å². The van der Waals surface area contributed by atoms with Crippen LogP contribution in [0.25, 0.3) is 0 Å². The molecule has 0 bridgehead atoms. The average Bonchev–Trinajstić information content (AvgIpc) is 2.22. The van der Waals surface area contributed by atoms with Crippen molar-refractivity contribution in [2.45, 2.75) is 26.4 Å². The Balaban J connectivity index is 2.94. The summed E-state index contributed by atoms with van der Waals surface area (Å²) in [5.41, 5.74) is -1.18. The minimum absolute atomic E-state index is 0.0856. The van der Waals surface area contributed by atoms with Gasteiger partial charge in [-0.25, -0.2) is 13.6 Å². The summed E-state index contributed by atoms with van der Waals surface area (Å²) in [7, 11) is 1.49. The smallest absolute Gasteiger partial charge is 0.412 e. The minimum atomic E-state index is -0.909. The number of nitrogens with one attached hydrogen (secondary N) is 2. The first-order chi connectivity index (χ1) is 8.24. The molecule has 0 aliphatic rings. The summed E-state index contributed by atoms with van der Waals surface area (Å²) in [6, 6.07) is 2.30. The fraction of sp³-hybridized carbons (Fsp3) is 0.417. The number of hydrogen-bond acceptors (Lipinski definition) is 3. The highest BCUT2D eigenvalue weighted by molar-refractivity contribution is 5.86. The topological polar surface area (TPSA) is 50.4 Å². The van der Waals surface area contributed by atoms with Crippen molar-refractivity contribution in [2.75, 3.05) is 17.7 Å². The molecule has 1 aromatic carbocycles. The van der Waals surface area contributed by atoms with E-state index in [4.69, 9.17) is 4.74 Å². The lowest BCUT2D eigenvalue weighted by molar-refractivity contribution is 0.0634. The van der Waals surface area contributed by atoms with E-state index in [0.29, 0.717) is 0 Å². The normalized spacial score (nSPS) is 11.0. The first-order valence-corrected chi connectivity index (χ1v) is 5.40. The van der Waals surface area contributed by atoms with Gasteiger partial charge >= 0.3 is 6.09 Å². The Morgan fingerprint density at radius 2 is 1.89 bits per heavy atom. The Morgan fingerprint density at radius 3 is 2.39 bits per heavy atom. The predicted molar refractivity (Wildman–Crippen MR) is 65.8 cm³/mol. The molecule has 0 aliphatic carbocycles. The quantitative estimate of drug-likeness (QED) is 0.855. The highest BCUT2D eigenvalue weighted by Gasteiger charge is 2.20. The van der Waals surface area contributed by atoms with Gasteiger partial charge in [0.15, 0.2) is 5.82 Å². The maximum atomic E-state index is 13.8. The lowest BCUT2D eigenvalue weighted by Gasteiger charge is -2.20. The average molecular weight is 258 g/mol. The predicted octanol–water partition coefficient (Wildman–Crippen LogP) is 3.35. The zero-order valence-electron chi connectivity index (χ0n) is 10.7. The standard InChI is InChI=1S/C12H16F2N2O2/c1-12(2,3)18-11(17)16-10-7(13)5-6-8(15-4)9(10)14/h5-6,15H,1-4H3,(H,16,17). The van der Waals surface area contributed by atoms with Gasteiger partial charge in [-0.05, 0) is 32.9 Å². The summed E-state index contributed by atoms with van der Waals surface area (Å²) in [6.45, 7) is 4.97. The van der Waals surface area contributed by atoms with Crippen molar-refractivity contribution in [3.8, 4) is 0 Å². The molecule has 100 valence electrons. The monoisotopic (exact) mass is 258 g/mol. The fourth-order valence-corrected chi connectivity index (χ4v) is 1.27. The van der Waals surface area contributed by atoms with Crippen LogP contribution in [-0.2, 0) is 4.74 Å². The molecule has 0 aliphatic heterocycles. The van der Waals surface area contributed by atoms with Gasteiger partial charge in [0.25, 0.3) is 0 Å². The van der Waals surface area contributed by atoms with Gasteiger partial charge in [-0.2, -0.15) is 0 Å². The number of amides is 1. The zero-order valence-corrected chi connectivity index (χ0v) is 10.7. The molecule has 1 aromatic rings. The Kier molecular flexibility index (Phi) is 4.11. The molecule has 0 heterocycles. The number of anilines is 2. The van der Waals surface area contributed by atoms with E-state index in [2.05, 4.69) is 10.6 Å². The highest BCUT2D eigenvalue weighted by atomic mass is 19.1. The molecule has 0 saturated heterocycles. The lowest BCUT2D eigenvalue weighted by Crippen LogP contribution is -2.27. The van der Waals surface area contributed by atoms with Gasteiger partial charge in [-0.1, -0.05) is 0 Å². The van der Waals surface area contributed by atoms with E-state index in [9.17, 15) is 13.6 Å². The maximum Gasteiger partial charge on any atom is 0.412 e. The number of carbonyl (C=O) groups is 1. The van der Waals surface area contributed by atoms with E-state index in [1.54, 1.807) is 20.8 Å². The van der Waals surface area contributed by atoms with E-state index >= 15 is 0 Å². The molecule has 2 N–H and O–H groups in total.